The third-order valence-electron chi connectivity index (χ3n) is 13.6. The summed E-state index contributed by atoms with van der Waals surface area (Å²) in [6, 6.07) is 48.9. The van der Waals surface area contributed by atoms with Gasteiger partial charge in [0, 0.05) is 40.5 Å². The van der Waals surface area contributed by atoms with Crippen molar-refractivity contribution in [2.24, 2.45) is 0 Å². The highest BCUT2D eigenvalue weighted by atomic mass is 16.5. The second-order valence-corrected chi connectivity index (χ2v) is 24.0. The molecule has 3 heterocycles. The number of aromatic nitrogens is 2. The van der Waals surface area contributed by atoms with Crippen LogP contribution < -0.4 is 14.5 Å². The Bertz CT molecular complexity index is 3100. The van der Waals surface area contributed by atoms with Gasteiger partial charge in [0.1, 0.15) is 24.0 Å². The number of hydrogen-bond donors (Lipinski definition) is 0. The van der Waals surface area contributed by atoms with E-state index in [-0.39, 0.29) is 27.1 Å². The van der Waals surface area contributed by atoms with Gasteiger partial charge in [-0.05, 0) is 133 Å². The first-order valence-corrected chi connectivity index (χ1v) is 24.1. The zero-order valence-electron chi connectivity index (χ0n) is 42.7. The monoisotopic (exact) mass is 887 g/mol. The van der Waals surface area contributed by atoms with Crippen molar-refractivity contribution >= 4 is 44.6 Å². The Labute approximate surface area is 400 Å². The lowest BCUT2D eigenvalue weighted by molar-refractivity contribution is 0.483. The molecule has 0 aliphatic carbocycles. The minimum absolute atomic E-state index is 0.0166. The van der Waals surface area contributed by atoms with Crippen LogP contribution in [0.2, 0.25) is 0 Å². The molecule has 1 aliphatic heterocycles. The molecule has 1 aliphatic rings. The average molecular weight is 887 g/mol. The van der Waals surface area contributed by atoms with Gasteiger partial charge in [-0.15, -0.1) is 0 Å². The SMILES string of the molecule is CC(C)(C)c1cc(N2CN(c3cccc(Oc4ccc5c6ccccc6n(-c6cc(-c7c(C(C)(C)C)cc(C(C)(C)C)cc7C(C)(C)C)ccn6)c5c4)c3)c3ccccc32)cc(C(C)(C)C)c1. The van der Waals surface area contributed by atoms with Crippen LogP contribution in [-0.2, 0) is 27.1 Å². The predicted molar refractivity (Wildman–Crippen MR) is 286 cm³/mol. The molecule has 0 radical (unpaired) electrons. The molecule has 0 fully saturated rings. The van der Waals surface area contributed by atoms with E-state index >= 15 is 0 Å². The molecule has 8 aromatic rings. The first-order valence-electron chi connectivity index (χ1n) is 24.1. The minimum atomic E-state index is -0.0812. The minimum Gasteiger partial charge on any atom is -0.457 e. The number of fused-ring (bicyclic) bond motifs is 4. The summed E-state index contributed by atoms with van der Waals surface area (Å²) in [5.74, 6) is 2.43. The molecule has 0 amide bonds. The summed E-state index contributed by atoms with van der Waals surface area (Å²) in [4.78, 5) is 9.96. The van der Waals surface area contributed by atoms with E-state index in [1.165, 1.54) is 61.4 Å². The van der Waals surface area contributed by atoms with Crippen LogP contribution in [0.1, 0.15) is 132 Å². The molecule has 5 heteroatoms. The maximum absolute atomic E-state index is 6.84. The second-order valence-electron chi connectivity index (χ2n) is 24.0. The Morgan fingerprint density at radius 2 is 0.970 bits per heavy atom. The summed E-state index contributed by atoms with van der Waals surface area (Å²) in [6.07, 6.45) is 1.98. The number of ether oxygens (including phenoxy) is 1. The molecule has 0 bridgehead atoms. The fourth-order valence-corrected chi connectivity index (χ4v) is 9.67. The van der Waals surface area contributed by atoms with Crippen LogP contribution in [0.25, 0.3) is 38.8 Å². The Hall–Kier alpha value is -6.33. The van der Waals surface area contributed by atoms with Crippen LogP contribution >= 0.6 is 0 Å². The second kappa shape index (κ2) is 16.2. The first-order chi connectivity index (χ1) is 31.4. The number of rotatable bonds is 6. The molecule has 0 atom stereocenters. The zero-order valence-corrected chi connectivity index (χ0v) is 42.7. The summed E-state index contributed by atoms with van der Waals surface area (Å²) < 4.78 is 9.15. The van der Waals surface area contributed by atoms with Gasteiger partial charge in [0.2, 0.25) is 0 Å². The van der Waals surface area contributed by atoms with E-state index in [0.717, 1.165) is 39.4 Å². The lowest BCUT2D eigenvalue weighted by Crippen LogP contribution is -2.25. The molecule has 0 saturated heterocycles. The molecule has 344 valence electrons. The molecule has 2 aromatic heterocycles. The third kappa shape index (κ3) is 8.74. The van der Waals surface area contributed by atoms with Gasteiger partial charge < -0.3 is 14.5 Å². The Balaban J connectivity index is 1.10. The quantitative estimate of drug-likeness (QED) is 0.167. The van der Waals surface area contributed by atoms with E-state index < -0.39 is 0 Å². The Kier molecular flexibility index (Phi) is 11.1. The molecule has 5 nitrogen and oxygen atoms in total. The lowest BCUT2D eigenvalue weighted by atomic mass is 9.71. The van der Waals surface area contributed by atoms with Crippen LogP contribution in [0.4, 0.5) is 22.7 Å². The number of pyridine rings is 1. The van der Waals surface area contributed by atoms with E-state index in [0.29, 0.717) is 6.67 Å². The molecule has 0 saturated carbocycles. The van der Waals surface area contributed by atoms with Crippen molar-refractivity contribution in [3.05, 3.63) is 167 Å². The van der Waals surface area contributed by atoms with Crippen LogP contribution in [0.5, 0.6) is 11.5 Å². The highest BCUT2D eigenvalue weighted by Gasteiger charge is 2.32. The summed E-state index contributed by atoms with van der Waals surface area (Å²) in [6.45, 7) is 35.5. The van der Waals surface area contributed by atoms with Crippen LogP contribution in [0.15, 0.2) is 140 Å². The highest BCUT2D eigenvalue weighted by molar-refractivity contribution is 6.09. The molecule has 9 rings (SSSR count). The molecular formula is C62H70N4O. The zero-order chi connectivity index (χ0) is 48.0. The fourth-order valence-electron chi connectivity index (χ4n) is 9.67. The van der Waals surface area contributed by atoms with Crippen molar-refractivity contribution in [1.82, 2.24) is 9.55 Å². The number of nitrogens with zero attached hydrogens (tertiary/aromatic N) is 4. The summed E-state index contributed by atoms with van der Waals surface area (Å²) in [5, 5.41) is 2.33. The van der Waals surface area contributed by atoms with Gasteiger partial charge in [0.25, 0.3) is 0 Å². The van der Waals surface area contributed by atoms with Crippen molar-refractivity contribution in [3.63, 3.8) is 0 Å². The largest absolute Gasteiger partial charge is 0.457 e. The maximum atomic E-state index is 6.84. The smallest absolute Gasteiger partial charge is 0.138 e. The summed E-state index contributed by atoms with van der Waals surface area (Å²) in [7, 11) is 0. The van der Waals surface area contributed by atoms with E-state index in [1.807, 2.05) is 6.20 Å². The van der Waals surface area contributed by atoms with Gasteiger partial charge >= 0.3 is 0 Å². The summed E-state index contributed by atoms with van der Waals surface area (Å²) >= 11 is 0. The van der Waals surface area contributed by atoms with Crippen molar-refractivity contribution in [3.8, 4) is 28.4 Å². The van der Waals surface area contributed by atoms with Gasteiger partial charge in [-0.25, -0.2) is 4.98 Å². The number of anilines is 4. The van der Waals surface area contributed by atoms with E-state index in [1.54, 1.807) is 0 Å². The van der Waals surface area contributed by atoms with E-state index in [9.17, 15) is 0 Å². The number of benzene rings is 6. The van der Waals surface area contributed by atoms with Crippen LogP contribution in [0.3, 0.4) is 0 Å². The van der Waals surface area contributed by atoms with Crippen molar-refractivity contribution in [1.29, 1.82) is 0 Å². The Morgan fingerprint density at radius 1 is 0.433 bits per heavy atom. The highest BCUT2D eigenvalue weighted by Crippen LogP contribution is 2.48. The third-order valence-corrected chi connectivity index (χ3v) is 13.6. The molecular weight excluding hydrogens is 817 g/mol. The average Bonchev–Trinajstić information content (AvgIpc) is 3.81. The normalized spacial score (nSPS) is 13.8. The molecule has 0 unspecified atom stereocenters. The van der Waals surface area contributed by atoms with Crippen molar-refractivity contribution in [2.45, 2.75) is 131 Å². The summed E-state index contributed by atoms with van der Waals surface area (Å²) in [5.41, 5.74) is 16.0. The number of para-hydroxylation sites is 3. The van der Waals surface area contributed by atoms with Gasteiger partial charge in [-0.1, -0.05) is 158 Å². The first kappa shape index (κ1) is 45.8. The molecule has 0 N–H and O–H groups in total. The van der Waals surface area contributed by atoms with Crippen LogP contribution in [-0.4, -0.2) is 16.2 Å². The maximum Gasteiger partial charge on any atom is 0.138 e. The van der Waals surface area contributed by atoms with Crippen molar-refractivity contribution in [2.75, 3.05) is 16.5 Å². The molecule has 67 heavy (non-hydrogen) atoms. The molecule has 6 aromatic carbocycles. The molecule has 0 spiro atoms. The van der Waals surface area contributed by atoms with Gasteiger partial charge in [0.15, 0.2) is 0 Å². The van der Waals surface area contributed by atoms with Gasteiger partial charge in [0.05, 0.1) is 22.4 Å². The number of hydrogen-bond acceptors (Lipinski definition) is 4. The predicted octanol–water partition coefficient (Wildman–Crippen LogP) is 17.4. The van der Waals surface area contributed by atoms with Gasteiger partial charge in [-0.2, -0.15) is 0 Å². The van der Waals surface area contributed by atoms with E-state index in [2.05, 4.69) is 252 Å². The Morgan fingerprint density at radius 3 is 1.57 bits per heavy atom. The standard InChI is InChI=1S/C62H70N4O/c1-58(2,3)41-32-42(59(4,5)6)34-45(33-41)65-39-64(53-25-18-19-26-54(53)65)44-21-20-22-46(37-44)67-47-27-28-49-48-23-16-17-24-52(48)66(55(49)38-47)56-31-40(29-30-63-56)57-50(61(10,11)12)35-43(60(7,8)9)36-51(57)62(13,14)15/h16-38H,39H2,1-15H3. The van der Waals surface area contributed by atoms with Crippen molar-refractivity contribution < 1.29 is 4.74 Å². The fraction of sp³-hybridized carbons (Fsp3) is 0.339. The van der Waals surface area contributed by atoms with E-state index in [4.69, 9.17) is 9.72 Å². The van der Waals surface area contributed by atoms with Gasteiger partial charge in [-0.3, -0.25) is 4.57 Å². The van der Waals surface area contributed by atoms with Crippen LogP contribution in [0, 0.1) is 0 Å². The topological polar surface area (TPSA) is 33.5 Å². The lowest BCUT2D eigenvalue weighted by Gasteiger charge is -2.34.